The Hall–Kier alpha value is -2.76. The van der Waals surface area contributed by atoms with Crippen LogP contribution in [0.3, 0.4) is 0 Å². The quantitative estimate of drug-likeness (QED) is 0.447. The molecule has 1 aromatic carbocycles. The van der Waals surface area contributed by atoms with Gasteiger partial charge in [0.1, 0.15) is 17.3 Å². The SMILES string of the molecule is COc1ccc(OCC(=O)O/N=C(\C)Cc2ccco2)cc1. The van der Waals surface area contributed by atoms with Gasteiger partial charge in [-0.25, -0.2) is 4.79 Å². The summed E-state index contributed by atoms with van der Waals surface area (Å²) in [7, 11) is 1.58. The zero-order chi connectivity index (χ0) is 15.8. The molecule has 0 bridgehead atoms. The Morgan fingerprint density at radius 3 is 2.55 bits per heavy atom. The monoisotopic (exact) mass is 303 g/mol. The fourth-order valence-corrected chi connectivity index (χ4v) is 1.67. The zero-order valence-corrected chi connectivity index (χ0v) is 12.4. The lowest BCUT2D eigenvalue weighted by molar-refractivity contribution is -0.146. The van der Waals surface area contributed by atoms with E-state index in [-0.39, 0.29) is 6.61 Å². The Balaban J connectivity index is 1.75. The largest absolute Gasteiger partial charge is 0.497 e. The minimum Gasteiger partial charge on any atom is -0.497 e. The van der Waals surface area contributed by atoms with Gasteiger partial charge in [-0.15, -0.1) is 0 Å². The van der Waals surface area contributed by atoms with Gasteiger partial charge in [-0.3, -0.25) is 0 Å². The molecule has 0 N–H and O–H groups in total. The summed E-state index contributed by atoms with van der Waals surface area (Å²) in [5, 5.41) is 3.75. The van der Waals surface area contributed by atoms with Crippen LogP contribution in [0.15, 0.2) is 52.2 Å². The molecule has 6 nitrogen and oxygen atoms in total. The summed E-state index contributed by atoms with van der Waals surface area (Å²) in [6, 6.07) is 10.5. The van der Waals surface area contributed by atoms with Crippen molar-refractivity contribution < 1.29 is 23.5 Å². The average molecular weight is 303 g/mol. The number of rotatable bonds is 7. The van der Waals surface area contributed by atoms with Crippen molar-refractivity contribution >= 4 is 11.7 Å². The summed E-state index contributed by atoms with van der Waals surface area (Å²) in [4.78, 5) is 16.3. The van der Waals surface area contributed by atoms with E-state index in [4.69, 9.17) is 18.7 Å². The summed E-state index contributed by atoms with van der Waals surface area (Å²) in [6.45, 7) is 1.53. The second-order valence-electron chi connectivity index (χ2n) is 4.51. The topological polar surface area (TPSA) is 70.3 Å². The van der Waals surface area contributed by atoms with E-state index in [1.54, 1.807) is 50.6 Å². The van der Waals surface area contributed by atoms with Crippen LogP contribution in [0, 0.1) is 0 Å². The van der Waals surface area contributed by atoms with E-state index < -0.39 is 5.97 Å². The van der Waals surface area contributed by atoms with Crippen molar-refractivity contribution in [1.82, 2.24) is 0 Å². The summed E-state index contributed by atoms with van der Waals surface area (Å²) in [5.41, 5.74) is 0.632. The van der Waals surface area contributed by atoms with E-state index >= 15 is 0 Å². The number of nitrogens with zero attached hydrogens (tertiary/aromatic N) is 1. The van der Waals surface area contributed by atoms with Crippen molar-refractivity contribution in [1.29, 1.82) is 0 Å². The highest BCUT2D eigenvalue weighted by Gasteiger charge is 2.06. The Kier molecular flexibility index (Phi) is 5.59. The number of methoxy groups -OCH3 is 1. The smallest absolute Gasteiger partial charge is 0.372 e. The molecule has 116 valence electrons. The van der Waals surface area contributed by atoms with Gasteiger partial charge in [0.15, 0.2) is 6.61 Å². The predicted octanol–water partition coefficient (Wildman–Crippen LogP) is 2.83. The first-order chi connectivity index (χ1) is 10.7. The Morgan fingerprint density at radius 1 is 1.18 bits per heavy atom. The molecule has 1 aromatic heterocycles. The van der Waals surface area contributed by atoms with Crippen LogP contribution >= 0.6 is 0 Å². The number of ether oxygens (including phenoxy) is 2. The number of hydrogen-bond acceptors (Lipinski definition) is 6. The lowest BCUT2D eigenvalue weighted by atomic mass is 10.2. The van der Waals surface area contributed by atoms with Gasteiger partial charge in [0, 0.05) is 6.42 Å². The van der Waals surface area contributed by atoms with Crippen molar-refractivity contribution in [2.45, 2.75) is 13.3 Å². The van der Waals surface area contributed by atoms with Gasteiger partial charge in [-0.1, -0.05) is 5.16 Å². The van der Waals surface area contributed by atoms with Crippen LogP contribution in [0.4, 0.5) is 0 Å². The first kappa shape index (κ1) is 15.6. The first-order valence-corrected chi connectivity index (χ1v) is 6.70. The van der Waals surface area contributed by atoms with Gasteiger partial charge in [0.25, 0.3) is 0 Å². The van der Waals surface area contributed by atoms with E-state index in [0.717, 1.165) is 5.76 Å². The van der Waals surface area contributed by atoms with E-state index in [2.05, 4.69) is 5.16 Å². The van der Waals surface area contributed by atoms with Crippen LogP contribution in [0.1, 0.15) is 12.7 Å². The van der Waals surface area contributed by atoms with E-state index in [0.29, 0.717) is 23.6 Å². The summed E-state index contributed by atoms with van der Waals surface area (Å²) >= 11 is 0. The number of benzene rings is 1. The van der Waals surface area contributed by atoms with Gasteiger partial charge in [-0.05, 0) is 43.3 Å². The molecule has 0 radical (unpaired) electrons. The zero-order valence-electron chi connectivity index (χ0n) is 12.4. The Bertz CT molecular complexity index is 616. The molecule has 1 heterocycles. The minimum absolute atomic E-state index is 0.218. The molecule has 0 aliphatic carbocycles. The molecule has 2 rings (SSSR count). The molecule has 0 saturated heterocycles. The van der Waals surface area contributed by atoms with Crippen molar-refractivity contribution in [3.63, 3.8) is 0 Å². The summed E-state index contributed by atoms with van der Waals surface area (Å²) in [5.74, 6) is 1.45. The van der Waals surface area contributed by atoms with Crippen LogP contribution in [0.25, 0.3) is 0 Å². The minimum atomic E-state index is -0.574. The van der Waals surface area contributed by atoms with E-state index in [1.807, 2.05) is 6.07 Å². The molecule has 22 heavy (non-hydrogen) atoms. The molecule has 0 spiro atoms. The molecule has 0 aliphatic rings. The Morgan fingerprint density at radius 2 is 1.91 bits per heavy atom. The number of furan rings is 1. The average Bonchev–Trinajstić information content (AvgIpc) is 3.04. The lowest BCUT2D eigenvalue weighted by Gasteiger charge is -2.05. The van der Waals surface area contributed by atoms with Crippen LogP contribution in [-0.4, -0.2) is 25.4 Å². The second-order valence-corrected chi connectivity index (χ2v) is 4.51. The third kappa shape index (κ3) is 4.97. The molecule has 2 aromatic rings. The van der Waals surface area contributed by atoms with E-state index in [9.17, 15) is 4.79 Å². The molecule has 0 aliphatic heterocycles. The van der Waals surface area contributed by atoms with Crippen molar-refractivity contribution in [2.75, 3.05) is 13.7 Å². The van der Waals surface area contributed by atoms with Gasteiger partial charge in [0.05, 0.1) is 19.1 Å². The molecule has 0 unspecified atom stereocenters. The van der Waals surface area contributed by atoms with Crippen LogP contribution in [0.2, 0.25) is 0 Å². The highest BCUT2D eigenvalue weighted by molar-refractivity contribution is 5.84. The third-order valence-electron chi connectivity index (χ3n) is 2.73. The standard InChI is InChI=1S/C16H17NO5/c1-12(10-15-4-3-9-20-15)17-22-16(18)11-21-14-7-5-13(19-2)6-8-14/h3-9H,10-11H2,1-2H3/b17-12+. The van der Waals surface area contributed by atoms with E-state index in [1.165, 1.54) is 0 Å². The molecule has 0 fully saturated rings. The van der Waals surface area contributed by atoms with Gasteiger partial charge in [0.2, 0.25) is 0 Å². The predicted molar refractivity (Wildman–Crippen MR) is 80.1 cm³/mol. The second kappa shape index (κ2) is 7.87. The highest BCUT2D eigenvalue weighted by Crippen LogP contribution is 2.16. The van der Waals surface area contributed by atoms with Gasteiger partial charge >= 0.3 is 5.97 Å². The normalized spacial score (nSPS) is 11.1. The maximum absolute atomic E-state index is 11.5. The third-order valence-corrected chi connectivity index (χ3v) is 2.73. The molecular formula is C16H17NO5. The van der Waals surface area contributed by atoms with Crippen molar-refractivity contribution in [3.8, 4) is 11.5 Å². The Labute approximate surface area is 128 Å². The van der Waals surface area contributed by atoms with Crippen molar-refractivity contribution in [2.24, 2.45) is 5.16 Å². The van der Waals surface area contributed by atoms with Gasteiger partial charge < -0.3 is 18.7 Å². The van der Waals surface area contributed by atoms with Crippen LogP contribution in [-0.2, 0) is 16.1 Å². The van der Waals surface area contributed by atoms with Crippen LogP contribution < -0.4 is 9.47 Å². The number of carbonyl (C=O) groups excluding carboxylic acids is 1. The number of hydrogen-bond donors (Lipinski definition) is 0. The lowest BCUT2D eigenvalue weighted by Crippen LogP contribution is -2.13. The fraction of sp³-hybridized carbons (Fsp3) is 0.250. The molecule has 0 amide bonds. The molecule has 0 saturated carbocycles. The number of carbonyl (C=O) groups is 1. The molecule has 0 atom stereocenters. The van der Waals surface area contributed by atoms with Crippen molar-refractivity contribution in [3.05, 3.63) is 48.4 Å². The summed E-state index contributed by atoms with van der Waals surface area (Å²) in [6.07, 6.45) is 2.07. The maximum Gasteiger partial charge on any atom is 0.372 e. The summed E-state index contributed by atoms with van der Waals surface area (Å²) < 4.78 is 15.5. The van der Waals surface area contributed by atoms with Gasteiger partial charge in [-0.2, -0.15) is 0 Å². The highest BCUT2D eigenvalue weighted by atomic mass is 16.7. The fourth-order valence-electron chi connectivity index (χ4n) is 1.67. The molecular weight excluding hydrogens is 286 g/mol. The van der Waals surface area contributed by atoms with Crippen LogP contribution in [0.5, 0.6) is 11.5 Å². The molecule has 6 heteroatoms. The first-order valence-electron chi connectivity index (χ1n) is 6.70. The number of oxime groups is 1. The maximum atomic E-state index is 11.5.